The Morgan fingerprint density at radius 3 is 2.67 bits per heavy atom. The van der Waals surface area contributed by atoms with Crippen LogP contribution in [0.3, 0.4) is 0 Å². The summed E-state index contributed by atoms with van der Waals surface area (Å²) < 4.78 is 23.0. The SMILES string of the molecule is COCCOC(=O)C[C@@H](CNC(=O)c1cncc(F)c1)CC(C)C. The third-order valence-electron chi connectivity index (χ3n) is 3.33. The normalized spacial score (nSPS) is 12.0. The van der Waals surface area contributed by atoms with E-state index in [2.05, 4.69) is 10.3 Å². The van der Waals surface area contributed by atoms with E-state index >= 15 is 0 Å². The molecule has 0 fully saturated rings. The van der Waals surface area contributed by atoms with Crippen LogP contribution in [0.15, 0.2) is 18.5 Å². The molecule has 134 valence electrons. The largest absolute Gasteiger partial charge is 0.463 e. The van der Waals surface area contributed by atoms with Crippen LogP contribution in [0.5, 0.6) is 0 Å². The van der Waals surface area contributed by atoms with Crippen molar-refractivity contribution in [1.29, 1.82) is 0 Å². The number of nitrogens with zero attached hydrogens (tertiary/aromatic N) is 1. The zero-order valence-electron chi connectivity index (χ0n) is 14.4. The van der Waals surface area contributed by atoms with Gasteiger partial charge in [0.15, 0.2) is 0 Å². The molecule has 0 aliphatic heterocycles. The predicted octanol–water partition coefficient (Wildman–Crippen LogP) is 2.19. The van der Waals surface area contributed by atoms with Crippen LogP contribution in [0.2, 0.25) is 0 Å². The molecule has 0 aliphatic rings. The maximum Gasteiger partial charge on any atom is 0.306 e. The Labute approximate surface area is 141 Å². The van der Waals surface area contributed by atoms with Gasteiger partial charge in [0.1, 0.15) is 12.4 Å². The van der Waals surface area contributed by atoms with Crippen molar-refractivity contribution in [2.75, 3.05) is 26.9 Å². The van der Waals surface area contributed by atoms with Crippen LogP contribution in [0, 0.1) is 17.7 Å². The van der Waals surface area contributed by atoms with Crippen molar-refractivity contribution in [1.82, 2.24) is 10.3 Å². The Bertz CT molecular complexity index is 537. The Morgan fingerprint density at radius 1 is 1.29 bits per heavy atom. The van der Waals surface area contributed by atoms with Gasteiger partial charge in [0.2, 0.25) is 0 Å². The Hall–Kier alpha value is -2.02. The van der Waals surface area contributed by atoms with E-state index in [1.165, 1.54) is 13.3 Å². The number of rotatable bonds is 10. The highest BCUT2D eigenvalue weighted by atomic mass is 19.1. The molecule has 1 N–H and O–H groups in total. The zero-order chi connectivity index (χ0) is 17.9. The van der Waals surface area contributed by atoms with Crippen LogP contribution >= 0.6 is 0 Å². The Kier molecular flexibility index (Phi) is 8.93. The first-order valence-electron chi connectivity index (χ1n) is 7.95. The predicted molar refractivity (Wildman–Crippen MR) is 86.9 cm³/mol. The number of pyridine rings is 1. The van der Waals surface area contributed by atoms with Gasteiger partial charge in [0, 0.05) is 19.9 Å². The second-order valence-corrected chi connectivity index (χ2v) is 6.01. The molecule has 0 unspecified atom stereocenters. The van der Waals surface area contributed by atoms with Gasteiger partial charge in [-0.25, -0.2) is 4.39 Å². The van der Waals surface area contributed by atoms with E-state index in [1.54, 1.807) is 0 Å². The first kappa shape index (κ1) is 20.0. The number of hydrogen-bond acceptors (Lipinski definition) is 5. The summed E-state index contributed by atoms with van der Waals surface area (Å²) in [4.78, 5) is 27.5. The van der Waals surface area contributed by atoms with Crippen LogP contribution in [0.25, 0.3) is 0 Å². The van der Waals surface area contributed by atoms with Gasteiger partial charge >= 0.3 is 5.97 Å². The molecule has 1 heterocycles. The average Bonchev–Trinajstić information content (AvgIpc) is 2.52. The van der Waals surface area contributed by atoms with Crippen molar-refractivity contribution >= 4 is 11.9 Å². The highest BCUT2D eigenvalue weighted by Gasteiger charge is 2.18. The third kappa shape index (κ3) is 8.01. The van der Waals surface area contributed by atoms with E-state index in [-0.39, 0.29) is 30.5 Å². The quantitative estimate of drug-likeness (QED) is 0.522. The lowest BCUT2D eigenvalue weighted by Gasteiger charge is -2.19. The molecule has 1 amide bonds. The zero-order valence-corrected chi connectivity index (χ0v) is 14.4. The van der Waals surface area contributed by atoms with Gasteiger partial charge in [0.25, 0.3) is 5.91 Å². The van der Waals surface area contributed by atoms with Crippen molar-refractivity contribution < 1.29 is 23.5 Å². The first-order valence-corrected chi connectivity index (χ1v) is 7.95. The van der Waals surface area contributed by atoms with E-state index in [0.29, 0.717) is 19.1 Å². The Balaban J connectivity index is 2.53. The molecule has 0 saturated heterocycles. The summed E-state index contributed by atoms with van der Waals surface area (Å²) in [6.45, 7) is 4.96. The van der Waals surface area contributed by atoms with Gasteiger partial charge in [-0.05, 0) is 24.3 Å². The molecule has 24 heavy (non-hydrogen) atoms. The maximum absolute atomic E-state index is 13.1. The summed E-state index contributed by atoms with van der Waals surface area (Å²) in [6, 6.07) is 1.12. The molecule has 6 nitrogen and oxygen atoms in total. The maximum atomic E-state index is 13.1. The number of carbonyl (C=O) groups is 2. The van der Waals surface area contributed by atoms with Crippen molar-refractivity contribution in [3.8, 4) is 0 Å². The fourth-order valence-corrected chi connectivity index (χ4v) is 2.31. The van der Waals surface area contributed by atoms with Gasteiger partial charge in [-0.1, -0.05) is 13.8 Å². The van der Waals surface area contributed by atoms with Gasteiger partial charge in [0.05, 0.1) is 24.8 Å². The minimum absolute atomic E-state index is 0.0505. The van der Waals surface area contributed by atoms with Gasteiger partial charge in [-0.3, -0.25) is 14.6 Å². The van der Waals surface area contributed by atoms with E-state index in [0.717, 1.165) is 18.7 Å². The number of nitrogens with one attached hydrogen (secondary N) is 1. The van der Waals surface area contributed by atoms with Crippen molar-refractivity contribution in [2.45, 2.75) is 26.7 Å². The summed E-state index contributed by atoms with van der Waals surface area (Å²) in [6.07, 6.45) is 3.31. The lowest BCUT2D eigenvalue weighted by Crippen LogP contribution is -2.31. The van der Waals surface area contributed by atoms with Crippen LogP contribution in [-0.4, -0.2) is 43.7 Å². The number of methoxy groups -OCH3 is 1. The standard InChI is InChI=1S/C17H25FN2O4/c1-12(2)6-13(7-16(21)24-5-4-23-3)9-20-17(22)14-8-15(18)11-19-10-14/h8,10-13H,4-7,9H2,1-3H3,(H,20,22)/t13-/m0/s1. The topological polar surface area (TPSA) is 77.5 Å². The molecule has 7 heteroatoms. The lowest BCUT2D eigenvalue weighted by atomic mass is 9.94. The minimum atomic E-state index is -0.567. The highest BCUT2D eigenvalue weighted by Crippen LogP contribution is 2.16. The van der Waals surface area contributed by atoms with Crippen molar-refractivity contribution in [3.05, 3.63) is 29.8 Å². The third-order valence-corrected chi connectivity index (χ3v) is 3.33. The molecule has 0 saturated carbocycles. The summed E-state index contributed by atoms with van der Waals surface area (Å²) in [5.41, 5.74) is 0.154. The van der Waals surface area contributed by atoms with Gasteiger partial charge < -0.3 is 14.8 Å². The van der Waals surface area contributed by atoms with Crippen LogP contribution in [0.4, 0.5) is 4.39 Å². The van der Waals surface area contributed by atoms with E-state index in [4.69, 9.17) is 9.47 Å². The van der Waals surface area contributed by atoms with Crippen molar-refractivity contribution in [3.63, 3.8) is 0 Å². The summed E-state index contributed by atoms with van der Waals surface area (Å²) in [7, 11) is 1.53. The van der Waals surface area contributed by atoms with Gasteiger partial charge in [-0.2, -0.15) is 0 Å². The number of esters is 1. The lowest BCUT2D eigenvalue weighted by molar-refractivity contribution is -0.146. The number of hydrogen-bond donors (Lipinski definition) is 1. The fourth-order valence-electron chi connectivity index (χ4n) is 2.31. The summed E-state index contributed by atoms with van der Waals surface area (Å²) in [5.74, 6) is -0.981. The number of amides is 1. The number of ether oxygens (including phenoxy) is 2. The second kappa shape index (κ2) is 10.7. The molecule has 1 rings (SSSR count). The highest BCUT2D eigenvalue weighted by molar-refractivity contribution is 5.93. The van der Waals surface area contributed by atoms with Crippen molar-refractivity contribution in [2.24, 2.45) is 11.8 Å². The monoisotopic (exact) mass is 340 g/mol. The van der Waals surface area contributed by atoms with Crippen LogP contribution in [0.1, 0.15) is 37.0 Å². The summed E-state index contributed by atoms with van der Waals surface area (Å²) >= 11 is 0. The molecule has 0 bridgehead atoms. The molecule has 0 spiro atoms. The number of halogens is 1. The molecular formula is C17H25FN2O4. The fraction of sp³-hybridized carbons (Fsp3) is 0.588. The molecule has 0 radical (unpaired) electrons. The van der Waals surface area contributed by atoms with Crippen LogP contribution < -0.4 is 5.32 Å². The Morgan fingerprint density at radius 2 is 2.04 bits per heavy atom. The average molecular weight is 340 g/mol. The van der Waals surface area contributed by atoms with E-state index < -0.39 is 11.7 Å². The smallest absolute Gasteiger partial charge is 0.306 e. The minimum Gasteiger partial charge on any atom is -0.463 e. The molecule has 1 atom stereocenters. The number of carbonyl (C=O) groups excluding carboxylic acids is 2. The van der Waals surface area contributed by atoms with E-state index in [1.807, 2.05) is 13.8 Å². The molecule has 1 aromatic rings. The van der Waals surface area contributed by atoms with Gasteiger partial charge in [-0.15, -0.1) is 0 Å². The molecule has 0 aliphatic carbocycles. The molecule has 0 aromatic carbocycles. The molecular weight excluding hydrogens is 315 g/mol. The second-order valence-electron chi connectivity index (χ2n) is 6.01. The van der Waals surface area contributed by atoms with E-state index in [9.17, 15) is 14.0 Å². The first-order chi connectivity index (χ1) is 11.4. The van der Waals surface area contributed by atoms with Crippen LogP contribution in [-0.2, 0) is 14.3 Å². The summed E-state index contributed by atoms with van der Waals surface area (Å²) in [5, 5.41) is 2.73. The molecule has 1 aromatic heterocycles. The number of aromatic nitrogens is 1.